The van der Waals surface area contributed by atoms with Crippen LogP contribution in [0.2, 0.25) is 0 Å². The molecule has 0 radical (unpaired) electrons. The zero-order valence-electron chi connectivity index (χ0n) is 17.6. The lowest BCUT2D eigenvalue weighted by molar-refractivity contribution is 0.00703. The van der Waals surface area contributed by atoms with E-state index in [9.17, 15) is 14.4 Å². The molecular weight excluding hydrogens is 394 g/mol. The summed E-state index contributed by atoms with van der Waals surface area (Å²) in [5.74, 6) is -1.18. The highest BCUT2D eigenvalue weighted by Crippen LogP contribution is 2.28. The Morgan fingerprint density at radius 2 is 1.68 bits per heavy atom. The molecule has 0 atom stereocenters. The van der Waals surface area contributed by atoms with Gasteiger partial charge in [-0.3, -0.25) is 9.78 Å². The molecule has 1 heterocycles. The van der Waals surface area contributed by atoms with E-state index in [1.807, 2.05) is 30.3 Å². The third-order valence-electron chi connectivity index (χ3n) is 4.33. The third kappa shape index (κ3) is 5.63. The van der Waals surface area contributed by atoms with Crippen molar-refractivity contribution in [2.24, 2.45) is 0 Å². The fourth-order valence-electron chi connectivity index (χ4n) is 2.95. The van der Waals surface area contributed by atoms with Crippen LogP contribution in [0.1, 0.15) is 57.5 Å². The smallest absolute Gasteiger partial charge is 0.339 e. The SMILES string of the molecule is CC(C)(C)OC(=O)c1cc(C(=O)OCc2ccccc2)ccc1-c1cccnc1C=O. The molecule has 0 unspecified atom stereocenters. The Bertz CT molecular complexity index is 1100. The number of carbonyl (C=O) groups is 3. The van der Waals surface area contributed by atoms with Crippen molar-refractivity contribution in [3.05, 3.63) is 89.2 Å². The topological polar surface area (TPSA) is 82.6 Å². The van der Waals surface area contributed by atoms with Gasteiger partial charge in [0.15, 0.2) is 6.29 Å². The van der Waals surface area contributed by atoms with E-state index in [0.29, 0.717) is 17.4 Å². The molecule has 0 aliphatic heterocycles. The maximum absolute atomic E-state index is 12.9. The minimum atomic E-state index is -0.736. The van der Waals surface area contributed by atoms with Crippen LogP contribution in [0.5, 0.6) is 0 Å². The molecule has 0 saturated heterocycles. The van der Waals surface area contributed by atoms with E-state index < -0.39 is 17.5 Å². The first-order valence-electron chi connectivity index (χ1n) is 9.77. The Morgan fingerprint density at radius 3 is 2.35 bits per heavy atom. The number of ether oxygens (including phenoxy) is 2. The van der Waals surface area contributed by atoms with Crippen molar-refractivity contribution in [2.45, 2.75) is 33.0 Å². The van der Waals surface area contributed by atoms with E-state index in [1.165, 1.54) is 12.3 Å². The van der Waals surface area contributed by atoms with Crippen LogP contribution in [0.25, 0.3) is 11.1 Å². The standard InChI is InChI=1S/C25H23NO5/c1-25(2,3)31-24(29)21-14-18(23(28)30-16-17-8-5-4-6-9-17)11-12-19(21)20-10-7-13-26-22(20)15-27/h4-15H,16H2,1-3H3. The van der Waals surface area contributed by atoms with Crippen LogP contribution in [0.15, 0.2) is 66.9 Å². The predicted molar refractivity (Wildman–Crippen MR) is 116 cm³/mol. The van der Waals surface area contributed by atoms with Gasteiger partial charge in [-0.2, -0.15) is 0 Å². The lowest BCUT2D eigenvalue weighted by Gasteiger charge is -2.21. The van der Waals surface area contributed by atoms with Gasteiger partial charge in [0.2, 0.25) is 0 Å². The van der Waals surface area contributed by atoms with Crippen LogP contribution in [-0.4, -0.2) is 28.8 Å². The summed E-state index contributed by atoms with van der Waals surface area (Å²) in [5, 5.41) is 0. The van der Waals surface area contributed by atoms with E-state index in [0.717, 1.165) is 5.56 Å². The monoisotopic (exact) mass is 417 g/mol. The highest BCUT2D eigenvalue weighted by molar-refractivity contribution is 6.02. The van der Waals surface area contributed by atoms with E-state index in [4.69, 9.17) is 9.47 Å². The van der Waals surface area contributed by atoms with E-state index in [-0.39, 0.29) is 23.4 Å². The molecule has 0 bridgehead atoms. The van der Waals surface area contributed by atoms with Gasteiger partial charge in [-0.1, -0.05) is 42.5 Å². The molecule has 3 rings (SSSR count). The summed E-state index contributed by atoms with van der Waals surface area (Å²) in [4.78, 5) is 41.0. The van der Waals surface area contributed by atoms with E-state index in [2.05, 4.69) is 4.98 Å². The van der Waals surface area contributed by atoms with Crippen LogP contribution in [-0.2, 0) is 16.1 Å². The number of hydrogen-bond donors (Lipinski definition) is 0. The zero-order valence-corrected chi connectivity index (χ0v) is 17.6. The van der Waals surface area contributed by atoms with Crippen molar-refractivity contribution in [3.63, 3.8) is 0 Å². The Balaban J connectivity index is 1.97. The summed E-state index contributed by atoms with van der Waals surface area (Å²) in [6, 6.07) is 17.2. The van der Waals surface area contributed by atoms with Crippen LogP contribution < -0.4 is 0 Å². The molecule has 0 N–H and O–H groups in total. The molecule has 0 aliphatic rings. The van der Waals surface area contributed by atoms with Crippen LogP contribution >= 0.6 is 0 Å². The van der Waals surface area contributed by atoms with Crippen molar-refractivity contribution >= 4 is 18.2 Å². The zero-order chi connectivity index (χ0) is 22.4. The number of rotatable bonds is 6. The predicted octanol–water partition coefficient (Wildman–Crippen LogP) is 4.87. The van der Waals surface area contributed by atoms with Gasteiger partial charge in [-0.05, 0) is 50.1 Å². The average molecular weight is 417 g/mol. The van der Waals surface area contributed by atoms with Gasteiger partial charge in [0.05, 0.1) is 11.1 Å². The largest absolute Gasteiger partial charge is 0.457 e. The molecule has 0 spiro atoms. The molecule has 6 heteroatoms. The summed E-state index contributed by atoms with van der Waals surface area (Å²) in [5.41, 5.74) is 1.59. The second kappa shape index (κ2) is 9.34. The molecular formula is C25H23NO5. The normalized spacial score (nSPS) is 10.9. The maximum Gasteiger partial charge on any atom is 0.339 e. The molecule has 31 heavy (non-hydrogen) atoms. The molecule has 0 saturated carbocycles. The van der Waals surface area contributed by atoms with E-state index >= 15 is 0 Å². The highest BCUT2D eigenvalue weighted by atomic mass is 16.6. The first kappa shape index (κ1) is 21.9. The highest BCUT2D eigenvalue weighted by Gasteiger charge is 2.24. The number of carbonyl (C=O) groups excluding carboxylic acids is 3. The first-order valence-corrected chi connectivity index (χ1v) is 9.77. The second-order valence-corrected chi connectivity index (χ2v) is 7.88. The number of benzene rings is 2. The second-order valence-electron chi connectivity index (χ2n) is 7.88. The lowest BCUT2D eigenvalue weighted by atomic mass is 9.96. The molecule has 3 aromatic rings. The van der Waals surface area contributed by atoms with Gasteiger partial charge in [0.1, 0.15) is 17.9 Å². The number of pyridine rings is 1. The number of nitrogens with zero attached hydrogens (tertiary/aromatic N) is 1. The summed E-state index contributed by atoms with van der Waals surface area (Å²) in [6.07, 6.45) is 2.12. The van der Waals surface area contributed by atoms with Gasteiger partial charge in [0, 0.05) is 11.8 Å². The van der Waals surface area contributed by atoms with Crippen LogP contribution in [0, 0.1) is 0 Å². The fourth-order valence-corrected chi connectivity index (χ4v) is 2.95. The van der Waals surface area contributed by atoms with Crippen molar-refractivity contribution in [1.82, 2.24) is 4.98 Å². The van der Waals surface area contributed by atoms with Crippen molar-refractivity contribution < 1.29 is 23.9 Å². The van der Waals surface area contributed by atoms with Crippen molar-refractivity contribution in [2.75, 3.05) is 0 Å². The minimum absolute atomic E-state index is 0.112. The number of esters is 2. The summed E-state index contributed by atoms with van der Waals surface area (Å²) >= 11 is 0. The quantitative estimate of drug-likeness (QED) is 0.420. The Kier molecular flexibility index (Phi) is 6.60. The Hall–Kier alpha value is -3.80. The Morgan fingerprint density at radius 1 is 0.935 bits per heavy atom. The fraction of sp³-hybridized carbons (Fsp3) is 0.200. The molecule has 6 nitrogen and oxygen atoms in total. The van der Waals surface area contributed by atoms with Gasteiger partial charge in [-0.25, -0.2) is 9.59 Å². The Labute approximate surface area is 180 Å². The summed E-state index contributed by atoms with van der Waals surface area (Å²) in [7, 11) is 0. The third-order valence-corrected chi connectivity index (χ3v) is 4.33. The lowest BCUT2D eigenvalue weighted by Crippen LogP contribution is -2.24. The van der Waals surface area contributed by atoms with Crippen molar-refractivity contribution in [1.29, 1.82) is 0 Å². The maximum atomic E-state index is 12.9. The molecule has 1 aromatic heterocycles. The van der Waals surface area contributed by atoms with Gasteiger partial charge in [0.25, 0.3) is 0 Å². The number of aromatic nitrogens is 1. The van der Waals surface area contributed by atoms with Gasteiger partial charge >= 0.3 is 11.9 Å². The average Bonchev–Trinajstić information content (AvgIpc) is 2.76. The molecule has 0 aliphatic carbocycles. The summed E-state index contributed by atoms with van der Waals surface area (Å²) in [6.45, 7) is 5.37. The van der Waals surface area contributed by atoms with Gasteiger partial charge in [-0.15, -0.1) is 0 Å². The molecule has 2 aromatic carbocycles. The van der Waals surface area contributed by atoms with Crippen LogP contribution in [0.3, 0.4) is 0 Å². The molecule has 0 fully saturated rings. The number of hydrogen-bond acceptors (Lipinski definition) is 6. The van der Waals surface area contributed by atoms with Crippen molar-refractivity contribution in [3.8, 4) is 11.1 Å². The number of aldehydes is 1. The van der Waals surface area contributed by atoms with Crippen LogP contribution in [0.4, 0.5) is 0 Å². The molecule has 158 valence electrons. The van der Waals surface area contributed by atoms with Gasteiger partial charge < -0.3 is 9.47 Å². The molecule has 0 amide bonds. The minimum Gasteiger partial charge on any atom is -0.457 e. The van der Waals surface area contributed by atoms with E-state index in [1.54, 1.807) is 45.0 Å². The summed E-state index contributed by atoms with van der Waals surface area (Å²) < 4.78 is 10.9. The first-order chi connectivity index (χ1) is 14.8.